The molecule has 3 unspecified atom stereocenters. The van der Waals surface area contributed by atoms with E-state index in [2.05, 4.69) is 92.7 Å². The van der Waals surface area contributed by atoms with Crippen LogP contribution >= 0.6 is 0 Å². The number of rotatable bonds is 13. The highest BCUT2D eigenvalue weighted by molar-refractivity contribution is 5.77. The van der Waals surface area contributed by atoms with E-state index in [9.17, 15) is 9.90 Å². The number of benzene rings is 4. The first kappa shape index (κ1) is 30.3. The highest BCUT2D eigenvalue weighted by Crippen LogP contribution is 2.38. The van der Waals surface area contributed by atoms with E-state index in [4.69, 9.17) is 14.2 Å². The Balaban J connectivity index is 1.33. The van der Waals surface area contributed by atoms with Crippen molar-refractivity contribution in [1.82, 2.24) is 0 Å². The summed E-state index contributed by atoms with van der Waals surface area (Å²) in [5.74, 6) is 0.0238. The Bertz CT molecular complexity index is 1540. The number of fused-ring (bicyclic) bond motifs is 2. The molecule has 5 rings (SSSR count). The third kappa shape index (κ3) is 7.42. The average molecular weight is 577 g/mol. The summed E-state index contributed by atoms with van der Waals surface area (Å²) >= 11 is 0. The third-order valence-electron chi connectivity index (χ3n) is 8.15. The molecule has 1 aliphatic carbocycles. The van der Waals surface area contributed by atoms with Gasteiger partial charge in [0.25, 0.3) is 0 Å². The number of hydrogen-bond acceptors (Lipinski definition) is 4. The maximum atomic E-state index is 11.3. The second kappa shape index (κ2) is 14.3. The average Bonchev–Trinajstić information content (AvgIpc) is 3.18. The lowest BCUT2D eigenvalue weighted by Crippen LogP contribution is -2.24. The summed E-state index contributed by atoms with van der Waals surface area (Å²) in [6.45, 7) is 5.26. The molecule has 0 aromatic heterocycles. The zero-order valence-corrected chi connectivity index (χ0v) is 25.2. The first-order valence-electron chi connectivity index (χ1n) is 15.1. The second-order valence-electron chi connectivity index (χ2n) is 11.1. The van der Waals surface area contributed by atoms with Crippen LogP contribution in [0.3, 0.4) is 0 Å². The Labute approximate surface area is 254 Å². The Hall–Kier alpha value is -4.19. The zero-order chi connectivity index (χ0) is 30.2. The summed E-state index contributed by atoms with van der Waals surface area (Å²) in [6, 6.07) is 31.6. The van der Waals surface area contributed by atoms with Crippen LogP contribution in [0, 0.1) is 0 Å². The molecule has 1 N–H and O–H groups in total. The lowest BCUT2D eigenvalue weighted by molar-refractivity contribution is -0.148. The first-order valence-corrected chi connectivity index (χ1v) is 15.1. The number of methoxy groups -OCH3 is 1. The van der Waals surface area contributed by atoms with Crippen molar-refractivity contribution >= 4 is 18.1 Å². The molecular weight excluding hydrogens is 536 g/mol. The molecule has 0 fully saturated rings. The maximum Gasteiger partial charge on any atom is 0.333 e. The van der Waals surface area contributed by atoms with E-state index in [1.807, 2.05) is 24.3 Å². The molecule has 0 amide bonds. The highest BCUT2D eigenvalue weighted by atomic mass is 16.5. The lowest BCUT2D eigenvalue weighted by Gasteiger charge is -2.23. The summed E-state index contributed by atoms with van der Waals surface area (Å²) in [7, 11) is 1.41. The van der Waals surface area contributed by atoms with Gasteiger partial charge in [-0.1, -0.05) is 111 Å². The van der Waals surface area contributed by atoms with E-state index >= 15 is 0 Å². The van der Waals surface area contributed by atoms with Gasteiger partial charge in [0.1, 0.15) is 18.5 Å². The molecule has 0 bridgehead atoms. The number of carboxylic acids is 1. The van der Waals surface area contributed by atoms with Gasteiger partial charge >= 0.3 is 5.97 Å². The highest BCUT2D eigenvalue weighted by Gasteiger charge is 2.24. The monoisotopic (exact) mass is 576 g/mol. The Morgan fingerprint density at radius 3 is 2.28 bits per heavy atom. The summed E-state index contributed by atoms with van der Waals surface area (Å²) in [5.41, 5.74) is 9.45. The van der Waals surface area contributed by atoms with Crippen LogP contribution in [0.2, 0.25) is 0 Å². The van der Waals surface area contributed by atoms with Crippen LogP contribution < -0.4 is 4.74 Å². The Kier molecular flexibility index (Phi) is 10.1. The molecule has 0 heterocycles. The van der Waals surface area contributed by atoms with Gasteiger partial charge in [-0.3, -0.25) is 0 Å². The van der Waals surface area contributed by atoms with Crippen molar-refractivity contribution < 1.29 is 24.1 Å². The topological polar surface area (TPSA) is 65.0 Å². The third-order valence-corrected chi connectivity index (χ3v) is 8.15. The number of aliphatic carboxylic acids is 1. The molecule has 222 valence electrons. The zero-order valence-electron chi connectivity index (χ0n) is 25.2. The predicted molar refractivity (Wildman–Crippen MR) is 172 cm³/mol. The van der Waals surface area contributed by atoms with Crippen molar-refractivity contribution in [2.75, 3.05) is 20.3 Å². The van der Waals surface area contributed by atoms with Gasteiger partial charge in [0.2, 0.25) is 0 Å². The van der Waals surface area contributed by atoms with E-state index in [0.29, 0.717) is 25.4 Å². The fourth-order valence-corrected chi connectivity index (χ4v) is 5.69. The molecule has 4 aromatic carbocycles. The number of aryl methyl sites for hydroxylation is 1. The van der Waals surface area contributed by atoms with Crippen LogP contribution in [0.5, 0.6) is 5.75 Å². The van der Waals surface area contributed by atoms with E-state index in [0.717, 1.165) is 24.0 Å². The SMILES string of the molecule is CCCc1ccc2c(c1)C(OCCOc1ccc(CC(OC)C(=O)O)cc1)c1ccc(C(C)c3ccccc3)cc1C=C2. The summed E-state index contributed by atoms with van der Waals surface area (Å²) in [6.07, 6.45) is 5.76. The smallest absolute Gasteiger partial charge is 0.333 e. The first-order chi connectivity index (χ1) is 21.0. The van der Waals surface area contributed by atoms with Gasteiger partial charge in [0.05, 0.1) is 6.61 Å². The van der Waals surface area contributed by atoms with Crippen molar-refractivity contribution in [1.29, 1.82) is 0 Å². The van der Waals surface area contributed by atoms with E-state index < -0.39 is 12.1 Å². The van der Waals surface area contributed by atoms with Gasteiger partial charge < -0.3 is 19.3 Å². The summed E-state index contributed by atoms with van der Waals surface area (Å²) < 4.78 is 17.7. The van der Waals surface area contributed by atoms with Gasteiger partial charge in [-0.05, 0) is 63.1 Å². The fraction of sp³-hybridized carbons (Fsp3) is 0.289. The molecule has 0 aliphatic heterocycles. The Morgan fingerprint density at radius 1 is 0.814 bits per heavy atom. The van der Waals surface area contributed by atoms with Crippen LogP contribution in [-0.2, 0) is 27.1 Å². The molecule has 5 nitrogen and oxygen atoms in total. The molecule has 43 heavy (non-hydrogen) atoms. The van der Waals surface area contributed by atoms with Crippen molar-refractivity contribution in [3.63, 3.8) is 0 Å². The normalized spacial score (nSPS) is 15.2. The van der Waals surface area contributed by atoms with Crippen LogP contribution in [0.25, 0.3) is 12.2 Å². The second-order valence-corrected chi connectivity index (χ2v) is 11.1. The standard InChI is InChI=1S/C38H40O5/c1-4-8-27-11-14-30-15-16-32-25-31(26(2)29-9-6-5-7-10-29)17-20-34(32)37(35(30)23-27)43-22-21-42-33-18-12-28(13-19-33)24-36(41-3)38(39)40/h5-7,9-20,23,25-26,36-37H,4,8,21-22,24H2,1-3H3,(H,39,40). The number of ether oxygens (including phenoxy) is 3. The molecule has 0 spiro atoms. The molecule has 4 aromatic rings. The van der Waals surface area contributed by atoms with E-state index in [1.165, 1.54) is 40.5 Å². The molecule has 1 aliphatic rings. The van der Waals surface area contributed by atoms with E-state index in [1.54, 1.807) is 0 Å². The molecule has 3 atom stereocenters. The van der Waals surface area contributed by atoms with Crippen LogP contribution in [0.4, 0.5) is 0 Å². The number of carbonyl (C=O) groups is 1. The molecule has 0 saturated carbocycles. The van der Waals surface area contributed by atoms with Crippen LogP contribution in [0.1, 0.15) is 76.8 Å². The van der Waals surface area contributed by atoms with Gasteiger partial charge in [0, 0.05) is 19.4 Å². The van der Waals surface area contributed by atoms with Crippen LogP contribution in [-0.4, -0.2) is 37.5 Å². The summed E-state index contributed by atoms with van der Waals surface area (Å²) in [5, 5.41) is 9.24. The van der Waals surface area contributed by atoms with Gasteiger partial charge in [-0.25, -0.2) is 4.79 Å². The molecule has 0 radical (unpaired) electrons. The minimum absolute atomic E-state index is 0.217. The quantitative estimate of drug-likeness (QED) is 0.163. The van der Waals surface area contributed by atoms with Crippen molar-refractivity contribution in [3.8, 4) is 5.75 Å². The maximum absolute atomic E-state index is 11.3. The van der Waals surface area contributed by atoms with E-state index in [-0.39, 0.29) is 12.0 Å². The lowest BCUT2D eigenvalue weighted by atomic mass is 9.88. The van der Waals surface area contributed by atoms with Crippen molar-refractivity contribution in [2.45, 2.75) is 51.2 Å². The summed E-state index contributed by atoms with van der Waals surface area (Å²) in [4.78, 5) is 11.3. The van der Waals surface area contributed by atoms with Gasteiger partial charge in [-0.2, -0.15) is 0 Å². The number of hydrogen-bond donors (Lipinski definition) is 1. The Morgan fingerprint density at radius 2 is 1.56 bits per heavy atom. The minimum Gasteiger partial charge on any atom is -0.491 e. The minimum atomic E-state index is -0.972. The fourth-order valence-electron chi connectivity index (χ4n) is 5.69. The number of carboxylic acid groups (broad SMARTS) is 1. The van der Waals surface area contributed by atoms with Crippen molar-refractivity contribution in [2.24, 2.45) is 0 Å². The molecular formula is C38H40O5. The van der Waals surface area contributed by atoms with Gasteiger partial charge in [0.15, 0.2) is 6.10 Å². The van der Waals surface area contributed by atoms with Gasteiger partial charge in [-0.15, -0.1) is 0 Å². The largest absolute Gasteiger partial charge is 0.491 e. The molecule has 5 heteroatoms. The van der Waals surface area contributed by atoms with Crippen molar-refractivity contribution in [3.05, 3.63) is 136 Å². The van der Waals surface area contributed by atoms with Crippen LogP contribution in [0.15, 0.2) is 91.0 Å². The predicted octanol–water partition coefficient (Wildman–Crippen LogP) is 8.10. The molecule has 0 saturated heterocycles.